The normalized spacial score (nSPS) is 19.2. The number of benzene rings is 1. The third-order valence-electron chi connectivity index (χ3n) is 3.46. The summed E-state index contributed by atoms with van der Waals surface area (Å²) in [5.74, 6) is 0.147. The molecule has 2 atom stereocenters. The molecule has 0 saturated carbocycles. The second-order valence-electron chi connectivity index (χ2n) is 4.84. The van der Waals surface area contributed by atoms with Crippen LogP contribution < -0.4 is 5.32 Å². The maximum absolute atomic E-state index is 10.7. The van der Waals surface area contributed by atoms with E-state index in [1.54, 1.807) is 12.1 Å². The van der Waals surface area contributed by atoms with Crippen LogP contribution in [0.3, 0.4) is 0 Å². The standard InChI is InChI=1S/C14H20N2O4/c17-10-15-13(9-16-5-7-20-8-6-16)14(19)11-1-3-12(18)4-2-11/h1-4,10,13-14,18-19H,5-9H2,(H,15,17). The van der Waals surface area contributed by atoms with Gasteiger partial charge in [0.1, 0.15) is 11.9 Å². The van der Waals surface area contributed by atoms with Crippen molar-refractivity contribution >= 4 is 6.41 Å². The zero-order chi connectivity index (χ0) is 14.4. The molecule has 2 rings (SSSR count). The second kappa shape index (κ2) is 7.23. The van der Waals surface area contributed by atoms with E-state index < -0.39 is 12.1 Å². The Labute approximate surface area is 118 Å². The monoisotopic (exact) mass is 280 g/mol. The Morgan fingerprint density at radius 1 is 1.30 bits per heavy atom. The fourth-order valence-corrected chi connectivity index (χ4v) is 2.30. The van der Waals surface area contributed by atoms with E-state index in [9.17, 15) is 15.0 Å². The molecule has 2 unspecified atom stereocenters. The number of aliphatic hydroxyl groups is 1. The minimum absolute atomic E-state index is 0.147. The highest BCUT2D eigenvalue weighted by Gasteiger charge is 2.24. The van der Waals surface area contributed by atoms with Crippen LogP contribution in [0.25, 0.3) is 0 Å². The highest BCUT2D eigenvalue weighted by Crippen LogP contribution is 2.20. The van der Waals surface area contributed by atoms with Gasteiger partial charge in [0.05, 0.1) is 19.3 Å². The molecule has 0 aromatic heterocycles. The summed E-state index contributed by atoms with van der Waals surface area (Å²) in [6, 6.07) is 5.95. The van der Waals surface area contributed by atoms with Crippen LogP contribution in [-0.2, 0) is 9.53 Å². The Hall–Kier alpha value is -1.63. The van der Waals surface area contributed by atoms with E-state index in [4.69, 9.17) is 4.74 Å². The van der Waals surface area contributed by atoms with Crippen LogP contribution in [0.15, 0.2) is 24.3 Å². The minimum Gasteiger partial charge on any atom is -0.508 e. The number of phenols is 1. The SMILES string of the molecule is O=CNC(CN1CCOCC1)C(O)c1ccc(O)cc1. The molecule has 1 fully saturated rings. The minimum atomic E-state index is -0.816. The van der Waals surface area contributed by atoms with Crippen LogP contribution >= 0.6 is 0 Å². The molecule has 1 aromatic rings. The number of amides is 1. The predicted octanol–water partition coefficient (Wildman–Crippen LogP) is -0.128. The molecule has 110 valence electrons. The molecule has 3 N–H and O–H groups in total. The molecule has 6 heteroatoms. The predicted molar refractivity (Wildman–Crippen MR) is 73.3 cm³/mol. The Morgan fingerprint density at radius 2 is 1.95 bits per heavy atom. The molecule has 0 bridgehead atoms. The van der Waals surface area contributed by atoms with E-state index in [-0.39, 0.29) is 5.75 Å². The Balaban J connectivity index is 2.02. The maximum Gasteiger partial charge on any atom is 0.207 e. The largest absolute Gasteiger partial charge is 0.508 e. The van der Waals surface area contributed by atoms with Crippen molar-refractivity contribution in [2.24, 2.45) is 0 Å². The Morgan fingerprint density at radius 3 is 2.55 bits per heavy atom. The molecule has 1 aliphatic heterocycles. The first-order valence-electron chi connectivity index (χ1n) is 6.67. The smallest absolute Gasteiger partial charge is 0.207 e. The van der Waals surface area contributed by atoms with Crippen molar-refractivity contribution in [3.8, 4) is 5.75 Å². The molecule has 1 amide bonds. The lowest BCUT2D eigenvalue weighted by Gasteiger charge is -2.32. The van der Waals surface area contributed by atoms with E-state index >= 15 is 0 Å². The van der Waals surface area contributed by atoms with Crippen LogP contribution in [0.5, 0.6) is 5.75 Å². The number of carbonyl (C=O) groups excluding carboxylic acids is 1. The third-order valence-corrected chi connectivity index (χ3v) is 3.46. The molecule has 20 heavy (non-hydrogen) atoms. The van der Waals surface area contributed by atoms with Gasteiger partial charge in [-0.25, -0.2) is 0 Å². The van der Waals surface area contributed by atoms with Gasteiger partial charge in [-0.2, -0.15) is 0 Å². The number of nitrogens with one attached hydrogen (secondary N) is 1. The number of hydrogen-bond donors (Lipinski definition) is 3. The second-order valence-corrected chi connectivity index (χ2v) is 4.84. The highest BCUT2D eigenvalue weighted by molar-refractivity contribution is 5.47. The fourth-order valence-electron chi connectivity index (χ4n) is 2.30. The van der Waals surface area contributed by atoms with E-state index in [1.807, 2.05) is 0 Å². The summed E-state index contributed by atoms with van der Waals surface area (Å²) in [6.45, 7) is 3.48. The molecular formula is C14H20N2O4. The van der Waals surface area contributed by atoms with Crippen molar-refractivity contribution in [2.45, 2.75) is 12.1 Å². The van der Waals surface area contributed by atoms with E-state index in [2.05, 4.69) is 10.2 Å². The van der Waals surface area contributed by atoms with Gasteiger partial charge in [-0.05, 0) is 17.7 Å². The summed E-state index contributed by atoms with van der Waals surface area (Å²) in [6.07, 6.45) is -0.210. The zero-order valence-corrected chi connectivity index (χ0v) is 11.2. The van der Waals surface area contributed by atoms with Crippen molar-refractivity contribution in [2.75, 3.05) is 32.8 Å². The van der Waals surface area contributed by atoms with Crippen molar-refractivity contribution in [1.29, 1.82) is 0 Å². The number of morpholine rings is 1. The first-order chi connectivity index (χ1) is 9.70. The molecule has 0 spiro atoms. The summed E-state index contributed by atoms with van der Waals surface area (Å²) < 4.78 is 5.28. The quantitative estimate of drug-likeness (QED) is 0.633. The van der Waals surface area contributed by atoms with Gasteiger partial charge in [0.2, 0.25) is 6.41 Å². The van der Waals surface area contributed by atoms with Gasteiger partial charge in [-0.1, -0.05) is 12.1 Å². The van der Waals surface area contributed by atoms with E-state index in [0.29, 0.717) is 31.7 Å². The number of aromatic hydroxyl groups is 1. The van der Waals surface area contributed by atoms with Crippen molar-refractivity contribution < 1.29 is 19.7 Å². The van der Waals surface area contributed by atoms with Gasteiger partial charge in [0.25, 0.3) is 0 Å². The van der Waals surface area contributed by atoms with Gasteiger partial charge in [-0.3, -0.25) is 9.69 Å². The number of carbonyl (C=O) groups is 1. The van der Waals surface area contributed by atoms with Gasteiger partial charge in [0.15, 0.2) is 0 Å². The van der Waals surface area contributed by atoms with Gasteiger partial charge >= 0.3 is 0 Å². The van der Waals surface area contributed by atoms with Crippen LogP contribution in [0, 0.1) is 0 Å². The van der Waals surface area contributed by atoms with Crippen LogP contribution in [0.2, 0.25) is 0 Å². The number of hydrogen-bond acceptors (Lipinski definition) is 5. The third kappa shape index (κ3) is 3.93. The molecule has 0 radical (unpaired) electrons. The molecule has 6 nitrogen and oxygen atoms in total. The lowest BCUT2D eigenvalue weighted by atomic mass is 10.0. The van der Waals surface area contributed by atoms with E-state index in [0.717, 1.165) is 13.1 Å². The van der Waals surface area contributed by atoms with Crippen molar-refractivity contribution in [3.63, 3.8) is 0 Å². The maximum atomic E-state index is 10.7. The first-order valence-corrected chi connectivity index (χ1v) is 6.67. The van der Waals surface area contributed by atoms with Crippen LogP contribution in [-0.4, -0.2) is 60.4 Å². The molecule has 1 heterocycles. The van der Waals surface area contributed by atoms with E-state index in [1.165, 1.54) is 12.1 Å². The Bertz CT molecular complexity index is 418. The number of rotatable bonds is 6. The van der Waals surface area contributed by atoms with Crippen LogP contribution in [0.4, 0.5) is 0 Å². The van der Waals surface area contributed by atoms with Gasteiger partial charge in [-0.15, -0.1) is 0 Å². The zero-order valence-electron chi connectivity index (χ0n) is 11.2. The summed E-state index contributed by atoms with van der Waals surface area (Å²) in [5, 5.41) is 22.3. The lowest BCUT2D eigenvalue weighted by Crippen LogP contribution is -2.47. The summed E-state index contributed by atoms with van der Waals surface area (Å²) in [4.78, 5) is 12.9. The molecule has 1 aromatic carbocycles. The average molecular weight is 280 g/mol. The van der Waals surface area contributed by atoms with Gasteiger partial charge in [0, 0.05) is 19.6 Å². The fraction of sp³-hybridized carbons (Fsp3) is 0.500. The van der Waals surface area contributed by atoms with Crippen molar-refractivity contribution in [3.05, 3.63) is 29.8 Å². The number of phenolic OH excluding ortho intramolecular Hbond substituents is 1. The molecule has 1 aliphatic rings. The number of ether oxygens (including phenoxy) is 1. The first kappa shape index (κ1) is 14.8. The molecule has 1 saturated heterocycles. The summed E-state index contributed by atoms with van der Waals surface area (Å²) in [5.41, 5.74) is 0.662. The Kier molecular flexibility index (Phi) is 5.34. The van der Waals surface area contributed by atoms with Crippen LogP contribution in [0.1, 0.15) is 11.7 Å². The van der Waals surface area contributed by atoms with Crippen molar-refractivity contribution in [1.82, 2.24) is 10.2 Å². The molecule has 0 aliphatic carbocycles. The number of aliphatic hydroxyl groups excluding tert-OH is 1. The average Bonchev–Trinajstić information content (AvgIpc) is 2.48. The van der Waals surface area contributed by atoms with Gasteiger partial charge < -0.3 is 20.3 Å². The summed E-state index contributed by atoms with van der Waals surface area (Å²) >= 11 is 0. The molecular weight excluding hydrogens is 260 g/mol. The summed E-state index contributed by atoms with van der Waals surface area (Å²) in [7, 11) is 0. The number of nitrogens with zero attached hydrogens (tertiary/aromatic N) is 1. The highest BCUT2D eigenvalue weighted by atomic mass is 16.5. The topological polar surface area (TPSA) is 82.0 Å². The lowest BCUT2D eigenvalue weighted by molar-refractivity contribution is -0.111.